The van der Waals surface area contributed by atoms with Crippen LogP contribution in [-0.2, 0) is 13.1 Å². The first-order chi connectivity index (χ1) is 13.1. The molecule has 2 aromatic rings. The molecule has 1 saturated heterocycles. The van der Waals surface area contributed by atoms with E-state index >= 15 is 0 Å². The molecule has 1 aromatic heterocycles. The topological polar surface area (TPSA) is 79.7 Å². The second-order valence-corrected chi connectivity index (χ2v) is 6.34. The fourth-order valence-corrected chi connectivity index (χ4v) is 3.06. The van der Waals surface area contributed by atoms with Crippen LogP contribution in [0.25, 0.3) is 0 Å². The summed E-state index contributed by atoms with van der Waals surface area (Å²) in [5.41, 5.74) is 1.51. The van der Waals surface area contributed by atoms with Crippen LogP contribution < -0.4 is 10.1 Å². The van der Waals surface area contributed by atoms with Crippen LogP contribution >= 0.6 is 0 Å². The van der Waals surface area contributed by atoms with Gasteiger partial charge in [-0.2, -0.15) is 5.10 Å². The third-order valence-electron chi connectivity index (χ3n) is 4.65. The second kappa shape index (κ2) is 8.57. The lowest BCUT2D eigenvalue weighted by Gasteiger charge is -2.34. The Morgan fingerprint density at radius 1 is 1.15 bits per heavy atom. The standard InChI is InChI=1S/C19H25N5O3/c1-3-24-14-15(13-21-24)12-20-19(26)23-10-8-22(9-11-23)18(25)16-6-4-5-7-17(16)27-2/h4-7,13-14H,3,8-12H2,1-2H3,(H,20,26). The van der Waals surface area contributed by atoms with Gasteiger partial charge in [-0.3, -0.25) is 9.48 Å². The molecule has 0 bridgehead atoms. The molecule has 2 heterocycles. The van der Waals surface area contributed by atoms with E-state index in [9.17, 15) is 9.59 Å². The summed E-state index contributed by atoms with van der Waals surface area (Å²) < 4.78 is 7.09. The van der Waals surface area contributed by atoms with Crippen LogP contribution in [0, 0.1) is 0 Å². The molecular formula is C19H25N5O3. The SMILES string of the molecule is CCn1cc(CNC(=O)N2CCN(C(=O)c3ccccc3OC)CC2)cn1. The number of amides is 3. The number of hydrogen-bond donors (Lipinski definition) is 1. The molecule has 0 unspecified atom stereocenters. The highest BCUT2D eigenvalue weighted by molar-refractivity contribution is 5.97. The van der Waals surface area contributed by atoms with Crippen molar-refractivity contribution in [3.63, 3.8) is 0 Å². The molecule has 27 heavy (non-hydrogen) atoms. The highest BCUT2D eigenvalue weighted by Gasteiger charge is 2.26. The van der Waals surface area contributed by atoms with Crippen LogP contribution in [0.1, 0.15) is 22.8 Å². The zero-order valence-corrected chi connectivity index (χ0v) is 15.7. The summed E-state index contributed by atoms with van der Waals surface area (Å²) in [6, 6.07) is 7.07. The number of aryl methyl sites for hydroxylation is 1. The summed E-state index contributed by atoms with van der Waals surface area (Å²) in [6.07, 6.45) is 3.68. The number of piperazine rings is 1. The van der Waals surface area contributed by atoms with Crippen molar-refractivity contribution in [2.24, 2.45) is 0 Å². The lowest BCUT2D eigenvalue weighted by molar-refractivity contribution is 0.0661. The number of aromatic nitrogens is 2. The number of hydrogen-bond acceptors (Lipinski definition) is 4. The van der Waals surface area contributed by atoms with E-state index in [2.05, 4.69) is 10.4 Å². The van der Waals surface area contributed by atoms with Gasteiger partial charge in [-0.05, 0) is 19.1 Å². The summed E-state index contributed by atoms with van der Waals surface area (Å²) >= 11 is 0. The Bertz CT molecular complexity index is 796. The minimum absolute atomic E-state index is 0.0699. The zero-order valence-electron chi connectivity index (χ0n) is 15.7. The van der Waals surface area contributed by atoms with Crippen LogP contribution in [0.15, 0.2) is 36.7 Å². The van der Waals surface area contributed by atoms with Gasteiger partial charge in [0.1, 0.15) is 5.75 Å². The molecule has 1 aliphatic rings. The van der Waals surface area contributed by atoms with E-state index in [1.165, 1.54) is 0 Å². The molecule has 3 rings (SSSR count). The number of ether oxygens (including phenoxy) is 1. The van der Waals surface area contributed by atoms with Crippen LogP contribution in [0.5, 0.6) is 5.75 Å². The molecule has 0 aliphatic carbocycles. The Labute approximate surface area is 158 Å². The first-order valence-corrected chi connectivity index (χ1v) is 9.08. The normalized spacial score (nSPS) is 14.1. The number of benzene rings is 1. The molecule has 0 spiro atoms. The number of nitrogens with zero attached hydrogens (tertiary/aromatic N) is 4. The van der Waals surface area contributed by atoms with Gasteiger partial charge in [-0.25, -0.2) is 4.79 Å². The van der Waals surface area contributed by atoms with Crippen molar-refractivity contribution in [2.75, 3.05) is 33.3 Å². The number of para-hydroxylation sites is 1. The highest BCUT2D eigenvalue weighted by Crippen LogP contribution is 2.20. The Balaban J connectivity index is 1.50. The first kappa shape index (κ1) is 18.8. The molecule has 0 atom stereocenters. The maximum atomic E-state index is 12.7. The van der Waals surface area contributed by atoms with Gasteiger partial charge in [-0.1, -0.05) is 12.1 Å². The smallest absolute Gasteiger partial charge is 0.317 e. The van der Waals surface area contributed by atoms with E-state index in [0.717, 1.165) is 12.1 Å². The molecule has 0 saturated carbocycles. The van der Waals surface area contributed by atoms with E-state index in [1.54, 1.807) is 35.2 Å². The Kier molecular flexibility index (Phi) is 5.95. The molecule has 1 fully saturated rings. The van der Waals surface area contributed by atoms with E-state index < -0.39 is 0 Å². The summed E-state index contributed by atoms with van der Waals surface area (Å²) in [4.78, 5) is 28.6. The van der Waals surface area contributed by atoms with Gasteiger partial charge in [-0.15, -0.1) is 0 Å². The molecule has 1 N–H and O–H groups in total. The van der Waals surface area contributed by atoms with Gasteiger partial charge in [0.2, 0.25) is 0 Å². The van der Waals surface area contributed by atoms with E-state index in [-0.39, 0.29) is 11.9 Å². The summed E-state index contributed by atoms with van der Waals surface area (Å²) in [6.45, 7) is 5.26. The number of methoxy groups -OCH3 is 1. The quantitative estimate of drug-likeness (QED) is 0.865. The van der Waals surface area contributed by atoms with Crippen LogP contribution in [-0.4, -0.2) is 64.8 Å². The Morgan fingerprint density at radius 3 is 2.52 bits per heavy atom. The fourth-order valence-electron chi connectivity index (χ4n) is 3.06. The number of carbonyl (C=O) groups excluding carboxylic acids is 2. The largest absolute Gasteiger partial charge is 0.496 e. The highest BCUT2D eigenvalue weighted by atomic mass is 16.5. The number of nitrogens with one attached hydrogen (secondary N) is 1. The third-order valence-corrected chi connectivity index (χ3v) is 4.65. The predicted molar refractivity (Wildman–Crippen MR) is 101 cm³/mol. The predicted octanol–water partition coefficient (Wildman–Crippen LogP) is 1.58. The van der Waals surface area contributed by atoms with Crippen LogP contribution in [0.2, 0.25) is 0 Å². The van der Waals surface area contributed by atoms with Crippen molar-refractivity contribution in [3.8, 4) is 5.75 Å². The maximum absolute atomic E-state index is 12.7. The monoisotopic (exact) mass is 371 g/mol. The lowest BCUT2D eigenvalue weighted by Crippen LogP contribution is -2.53. The zero-order chi connectivity index (χ0) is 19.2. The Morgan fingerprint density at radius 2 is 1.85 bits per heavy atom. The molecule has 8 heteroatoms. The molecule has 8 nitrogen and oxygen atoms in total. The fraction of sp³-hybridized carbons (Fsp3) is 0.421. The average Bonchev–Trinajstić information content (AvgIpc) is 3.19. The van der Waals surface area contributed by atoms with Crippen molar-refractivity contribution in [1.82, 2.24) is 24.9 Å². The Hall–Kier alpha value is -3.03. The summed E-state index contributed by atoms with van der Waals surface area (Å²) in [5.74, 6) is 0.495. The minimum Gasteiger partial charge on any atom is -0.496 e. The third kappa shape index (κ3) is 4.39. The molecule has 1 aromatic carbocycles. The van der Waals surface area contributed by atoms with Crippen LogP contribution in [0.3, 0.4) is 0 Å². The summed E-state index contributed by atoms with van der Waals surface area (Å²) in [5, 5.41) is 7.11. The molecular weight excluding hydrogens is 346 g/mol. The molecule has 144 valence electrons. The van der Waals surface area contributed by atoms with Crippen molar-refractivity contribution in [3.05, 3.63) is 47.8 Å². The van der Waals surface area contributed by atoms with Crippen molar-refractivity contribution in [2.45, 2.75) is 20.0 Å². The van der Waals surface area contributed by atoms with Crippen molar-refractivity contribution < 1.29 is 14.3 Å². The molecule has 1 aliphatic heterocycles. The summed E-state index contributed by atoms with van der Waals surface area (Å²) in [7, 11) is 1.55. The number of urea groups is 1. The average molecular weight is 371 g/mol. The second-order valence-electron chi connectivity index (χ2n) is 6.34. The van der Waals surface area contributed by atoms with Crippen molar-refractivity contribution in [1.29, 1.82) is 0 Å². The first-order valence-electron chi connectivity index (χ1n) is 9.08. The van der Waals surface area contributed by atoms with E-state index in [0.29, 0.717) is 44.0 Å². The number of carbonyl (C=O) groups is 2. The van der Waals surface area contributed by atoms with E-state index in [4.69, 9.17) is 4.74 Å². The van der Waals surface area contributed by atoms with Crippen molar-refractivity contribution >= 4 is 11.9 Å². The minimum atomic E-state index is -0.122. The van der Waals surface area contributed by atoms with Gasteiger partial charge in [0.05, 0.1) is 18.9 Å². The van der Waals surface area contributed by atoms with Crippen LogP contribution in [0.4, 0.5) is 4.79 Å². The molecule has 3 amide bonds. The molecule has 0 radical (unpaired) electrons. The maximum Gasteiger partial charge on any atom is 0.317 e. The van der Waals surface area contributed by atoms with Gasteiger partial charge >= 0.3 is 6.03 Å². The van der Waals surface area contributed by atoms with Gasteiger partial charge < -0.3 is 19.9 Å². The number of rotatable bonds is 5. The van der Waals surface area contributed by atoms with Gasteiger partial charge in [0.25, 0.3) is 5.91 Å². The lowest BCUT2D eigenvalue weighted by atomic mass is 10.1. The van der Waals surface area contributed by atoms with E-state index in [1.807, 2.05) is 29.9 Å². The van der Waals surface area contributed by atoms with Gasteiger partial charge in [0, 0.05) is 51.0 Å². The van der Waals surface area contributed by atoms with Gasteiger partial charge in [0.15, 0.2) is 0 Å².